The summed E-state index contributed by atoms with van der Waals surface area (Å²) in [5, 5.41) is 6.44. The number of halogens is 1. The van der Waals surface area contributed by atoms with Crippen LogP contribution in [0.2, 0.25) is 0 Å². The van der Waals surface area contributed by atoms with Crippen LogP contribution in [0.3, 0.4) is 0 Å². The molecule has 1 aromatic rings. The van der Waals surface area contributed by atoms with Crippen molar-refractivity contribution in [1.29, 1.82) is 0 Å². The van der Waals surface area contributed by atoms with Crippen LogP contribution in [-0.2, 0) is 11.3 Å². The molecule has 0 aromatic heterocycles. The Labute approximate surface area is 127 Å². The van der Waals surface area contributed by atoms with Crippen LogP contribution in [0.5, 0.6) is 0 Å². The molecule has 20 heavy (non-hydrogen) atoms. The van der Waals surface area contributed by atoms with Gasteiger partial charge in [0.2, 0.25) is 5.91 Å². The number of benzene rings is 1. The third-order valence-electron chi connectivity index (χ3n) is 3.33. The molecular weight excluding hydrogens is 274 g/mol. The normalized spacial score (nSPS) is 22.9. The third kappa shape index (κ3) is 5.49. The molecule has 2 atom stereocenters. The van der Waals surface area contributed by atoms with Gasteiger partial charge in [0.05, 0.1) is 6.54 Å². The van der Waals surface area contributed by atoms with E-state index in [1.165, 1.54) is 0 Å². The van der Waals surface area contributed by atoms with Crippen molar-refractivity contribution in [3.8, 4) is 0 Å². The minimum absolute atomic E-state index is 0. The Balaban J connectivity index is 0.00000200. The molecule has 0 radical (unpaired) electrons. The van der Waals surface area contributed by atoms with E-state index in [1.54, 1.807) is 0 Å². The fraction of sp³-hybridized carbons (Fsp3) is 0.533. The van der Waals surface area contributed by atoms with Crippen LogP contribution in [0.25, 0.3) is 0 Å². The Bertz CT molecular complexity index is 403. The standard InChI is InChI=1S/C15H23N3O.ClH/c1-12-9-18(10-13(2)17-12)11-15(19)16-8-14-6-4-3-5-7-14;/h3-7,12-13,17H,8-11H2,1-2H3,(H,16,19);1H. The quantitative estimate of drug-likeness (QED) is 0.883. The van der Waals surface area contributed by atoms with Crippen molar-refractivity contribution in [2.75, 3.05) is 19.6 Å². The second kappa shape index (κ2) is 8.25. The van der Waals surface area contributed by atoms with Gasteiger partial charge < -0.3 is 10.6 Å². The first kappa shape index (κ1) is 17.0. The Kier molecular flexibility index (Phi) is 6.99. The lowest BCUT2D eigenvalue weighted by atomic mass is 10.1. The van der Waals surface area contributed by atoms with Gasteiger partial charge in [-0.15, -0.1) is 12.4 Å². The number of rotatable bonds is 4. The molecule has 112 valence electrons. The van der Waals surface area contributed by atoms with Crippen molar-refractivity contribution < 1.29 is 4.79 Å². The van der Waals surface area contributed by atoms with Crippen LogP contribution < -0.4 is 10.6 Å². The molecule has 2 unspecified atom stereocenters. The maximum Gasteiger partial charge on any atom is 0.234 e. The summed E-state index contributed by atoms with van der Waals surface area (Å²) >= 11 is 0. The molecule has 0 spiro atoms. The number of hydrogen-bond acceptors (Lipinski definition) is 3. The van der Waals surface area contributed by atoms with E-state index in [2.05, 4.69) is 29.4 Å². The number of amides is 1. The lowest BCUT2D eigenvalue weighted by molar-refractivity contribution is -0.122. The molecule has 1 amide bonds. The second-order valence-corrected chi connectivity index (χ2v) is 5.43. The maximum absolute atomic E-state index is 11.9. The highest BCUT2D eigenvalue weighted by molar-refractivity contribution is 5.85. The molecule has 5 heteroatoms. The lowest BCUT2D eigenvalue weighted by Gasteiger charge is -2.35. The van der Waals surface area contributed by atoms with Gasteiger partial charge in [0.1, 0.15) is 0 Å². The molecule has 1 aromatic carbocycles. The van der Waals surface area contributed by atoms with Crippen molar-refractivity contribution in [3.63, 3.8) is 0 Å². The highest BCUT2D eigenvalue weighted by Crippen LogP contribution is 2.03. The van der Waals surface area contributed by atoms with E-state index < -0.39 is 0 Å². The van der Waals surface area contributed by atoms with E-state index in [0.717, 1.165) is 18.7 Å². The van der Waals surface area contributed by atoms with Crippen LogP contribution >= 0.6 is 12.4 Å². The van der Waals surface area contributed by atoms with Crippen molar-refractivity contribution in [2.24, 2.45) is 0 Å². The Morgan fingerprint density at radius 3 is 2.45 bits per heavy atom. The van der Waals surface area contributed by atoms with Crippen LogP contribution in [0.15, 0.2) is 30.3 Å². The molecule has 0 aliphatic carbocycles. The van der Waals surface area contributed by atoms with Crippen molar-refractivity contribution >= 4 is 18.3 Å². The first-order valence-electron chi connectivity index (χ1n) is 6.92. The van der Waals surface area contributed by atoms with Gasteiger partial charge in [-0.1, -0.05) is 30.3 Å². The first-order chi connectivity index (χ1) is 9.13. The van der Waals surface area contributed by atoms with Gasteiger partial charge in [-0.05, 0) is 19.4 Å². The topological polar surface area (TPSA) is 44.4 Å². The molecule has 2 N–H and O–H groups in total. The summed E-state index contributed by atoms with van der Waals surface area (Å²) in [7, 11) is 0. The molecule has 0 saturated carbocycles. The van der Waals surface area contributed by atoms with Crippen molar-refractivity contribution in [3.05, 3.63) is 35.9 Å². The minimum Gasteiger partial charge on any atom is -0.351 e. The molecule has 1 saturated heterocycles. The number of nitrogens with one attached hydrogen (secondary N) is 2. The summed E-state index contributed by atoms with van der Waals surface area (Å²) in [6, 6.07) is 10.9. The Hall–Kier alpha value is -1.10. The van der Waals surface area contributed by atoms with Crippen molar-refractivity contribution in [2.45, 2.75) is 32.5 Å². The van der Waals surface area contributed by atoms with Gasteiger partial charge in [-0.25, -0.2) is 0 Å². The van der Waals surface area contributed by atoms with Crippen LogP contribution in [-0.4, -0.2) is 42.5 Å². The summed E-state index contributed by atoms with van der Waals surface area (Å²) in [6.07, 6.45) is 0. The number of carbonyl (C=O) groups is 1. The summed E-state index contributed by atoms with van der Waals surface area (Å²) in [4.78, 5) is 14.1. The van der Waals surface area contributed by atoms with E-state index in [1.807, 2.05) is 30.3 Å². The molecule has 1 aliphatic rings. The van der Waals surface area contributed by atoms with Crippen molar-refractivity contribution in [1.82, 2.24) is 15.5 Å². The van der Waals surface area contributed by atoms with Gasteiger partial charge in [0.25, 0.3) is 0 Å². The van der Waals surface area contributed by atoms with Gasteiger partial charge in [-0.2, -0.15) is 0 Å². The van der Waals surface area contributed by atoms with Crippen LogP contribution in [0.4, 0.5) is 0 Å². The molecule has 2 rings (SSSR count). The lowest BCUT2D eigenvalue weighted by Crippen LogP contribution is -2.55. The fourth-order valence-corrected chi connectivity index (χ4v) is 2.62. The molecule has 1 fully saturated rings. The van der Waals surface area contributed by atoms with E-state index >= 15 is 0 Å². The maximum atomic E-state index is 11.9. The Morgan fingerprint density at radius 1 is 1.25 bits per heavy atom. The zero-order valence-electron chi connectivity index (χ0n) is 12.1. The minimum atomic E-state index is 0. The predicted octanol–water partition coefficient (Wildman–Crippen LogP) is 1.41. The summed E-state index contributed by atoms with van der Waals surface area (Å²) in [6.45, 7) is 7.28. The number of nitrogens with zero attached hydrogens (tertiary/aromatic N) is 1. The summed E-state index contributed by atoms with van der Waals surface area (Å²) in [5.41, 5.74) is 1.14. The predicted molar refractivity (Wildman–Crippen MR) is 84.0 cm³/mol. The third-order valence-corrected chi connectivity index (χ3v) is 3.33. The average Bonchev–Trinajstić information content (AvgIpc) is 2.36. The second-order valence-electron chi connectivity index (χ2n) is 5.43. The number of piperazine rings is 1. The molecule has 0 bridgehead atoms. The smallest absolute Gasteiger partial charge is 0.234 e. The van der Waals surface area contributed by atoms with E-state index in [-0.39, 0.29) is 18.3 Å². The monoisotopic (exact) mass is 297 g/mol. The van der Waals surface area contributed by atoms with E-state index in [0.29, 0.717) is 25.2 Å². The Morgan fingerprint density at radius 2 is 1.85 bits per heavy atom. The SMILES string of the molecule is CC1CN(CC(=O)NCc2ccccc2)CC(C)N1.Cl. The van der Waals surface area contributed by atoms with Gasteiger partial charge in [0.15, 0.2) is 0 Å². The van der Waals surface area contributed by atoms with Crippen LogP contribution in [0, 0.1) is 0 Å². The summed E-state index contributed by atoms with van der Waals surface area (Å²) < 4.78 is 0. The van der Waals surface area contributed by atoms with Crippen LogP contribution in [0.1, 0.15) is 19.4 Å². The van der Waals surface area contributed by atoms with Gasteiger partial charge in [0, 0.05) is 31.7 Å². The van der Waals surface area contributed by atoms with Gasteiger partial charge >= 0.3 is 0 Å². The first-order valence-corrected chi connectivity index (χ1v) is 6.92. The average molecular weight is 298 g/mol. The molecule has 1 aliphatic heterocycles. The molecule has 1 heterocycles. The fourth-order valence-electron chi connectivity index (χ4n) is 2.62. The van der Waals surface area contributed by atoms with Gasteiger partial charge in [-0.3, -0.25) is 9.69 Å². The van der Waals surface area contributed by atoms with E-state index in [4.69, 9.17) is 0 Å². The summed E-state index contributed by atoms with van der Waals surface area (Å²) in [5.74, 6) is 0.102. The van der Waals surface area contributed by atoms with E-state index in [9.17, 15) is 4.79 Å². The molecule has 4 nitrogen and oxygen atoms in total. The highest BCUT2D eigenvalue weighted by Gasteiger charge is 2.22. The largest absolute Gasteiger partial charge is 0.351 e. The number of hydrogen-bond donors (Lipinski definition) is 2. The zero-order chi connectivity index (χ0) is 13.7. The highest BCUT2D eigenvalue weighted by atomic mass is 35.5. The zero-order valence-corrected chi connectivity index (χ0v) is 13.0. The molecular formula is C15H24ClN3O. The number of carbonyl (C=O) groups excluding carboxylic acids is 1.